The molecule has 4 rings (SSSR count). The van der Waals surface area contributed by atoms with Crippen LogP contribution in [0, 0.1) is 13.8 Å². The summed E-state index contributed by atoms with van der Waals surface area (Å²) in [4.78, 5) is 39.6. The highest BCUT2D eigenvalue weighted by atomic mass is 35.5. The van der Waals surface area contributed by atoms with Crippen molar-refractivity contribution in [1.29, 1.82) is 0 Å². The molecule has 6 nitrogen and oxygen atoms in total. The molecule has 0 radical (unpaired) electrons. The summed E-state index contributed by atoms with van der Waals surface area (Å²) >= 11 is 13.8. The van der Waals surface area contributed by atoms with Gasteiger partial charge in [-0.2, -0.15) is 0 Å². The lowest BCUT2D eigenvalue weighted by Gasteiger charge is -2.13. The summed E-state index contributed by atoms with van der Waals surface area (Å²) in [5.41, 5.74) is 4.34. The largest absolute Gasteiger partial charge is 0.325 e. The summed E-state index contributed by atoms with van der Waals surface area (Å²) in [5.74, 6) is -0.959. The molecule has 0 bridgehead atoms. The molecule has 0 atom stereocenters. The van der Waals surface area contributed by atoms with Crippen molar-refractivity contribution >= 4 is 70.1 Å². The molecule has 0 aliphatic carbocycles. The Labute approximate surface area is 253 Å². The maximum absolute atomic E-state index is 13.4. The van der Waals surface area contributed by atoms with Crippen LogP contribution in [0.2, 0.25) is 10.0 Å². The van der Waals surface area contributed by atoms with Crippen LogP contribution in [0.5, 0.6) is 0 Å². The Morgan fingerprint density at radius 1 is 0.780 bits per heavy atom. The third kappa shape index (κ3) is 8.47. The van der Waals surface area contributed by atoms with Crippen LogP contribution < -0.4 is 16.0 Å². The number of hydrogen-bond donors (Lipinski definition) is 3. The first-order valence-corrected chi connectivity index (χ1v) is 14.4. The first-order valence-electron chi connectivity index (χ1n) is 12.6. The number of rotatable bonds is 9. The van der Waals surface area contributed by atoms with E-state index in [9.17, 15) is 14.4 Å². The molecule has 0 spiro atoms. The Bertz CT molecular complexity index is 1620. The van der Waals surface area contributed by atoms with E-state index >= 15 is 0 Å². The van der Waals surface area contributed by atoms with Gasteiger partial charge in [0.05, 0.1) is 15.8 Å². The van der Waals surface area contributed by atoms with E-state index in [2.05, 4.69) is 16.0 Å². The van der Waals surface area contributed by atoms with Crippen LogP contribution in [-0.4, -0.2) is 23.5 Å². The van der Waals surface area contributed by atoms with E-state index in [1.54, 1.807) is 66.7 Å². The Balaban J connectivity index is 1.47. The summed E-state index contributed by atoms with van der Waals surface area (Å²) in [5, 5.41) is 8.99. The molecule has 9 heteroatoms. The van der Waals surface area contributed by atoms with Crippen molar-refractivity contribution in [3.63, 3.8) is 0 Å². The van der Waals surface area contributed by atoms with E-state index in [4.69, 9.17) is 23.2 Å². The normalized spacial score (nSPS) is 11.1. The van der Waals surface area contributed by atoms with E-state index in [1.807, 2.05) is 38.1 Å². The van der Waals surface area contributed by atoms with Crippen molar-refractivity contribution in [2.75, 3.05) is 16.4 Å². The number of amides is 3. The average Bonchev–Trinajstić information content (AvgIpc) is 2.96. The van der Waals surface area contributed by atoms with Gasteiger partial charge in [0.2, 0.25) is 5.91 Å². The second-order valence-electron chi connectivity index (χ2n) is 9.14. The fourth-order valence-corrected chi connectivity index (χ4v) is 4.87. The molecular weight excluding hydrogens is 577 g/mol. The van der Waals surface area contributed by atoms with Gasteiger partial charge in [0, 0.05) is 21.8 Å². The molecule has 0 heterocycles. The van der Waals surface area contributed by atoms with E-state index in [0.717, 1.165) is 21.7 Å². The van der Waals surface area contributed by atoms with Crippen molar-refractivity contribution in [3.8, 4) is 0 Å². The summed E-state index contributed by atoms with van der Waals surface area (Å²) in [6, 6.07) is 26.5. The van der Waals surface area contributed by atoms with Crippen molar-refractivity contribution in [2.45, 2.75) is 18.7 Å². The fraction of sp³-hybridized carbons (Fsp3) is 0.0938. The van der Waals surface area contributed by atoms with Gasteiger partial charge in [-0.3, -0.25) is 14.4 Å². The number of hydrogen-bond acceptors (Lipinski definition) is 4. The number of nitrogens with one attached hydrogen (secondary N) is 3. The first kappa shape index (κ1) is 29.9. The fourth-order valence-electron chi connectivity index (χ4n) is 3.76. The SMILES string of the molecule is Cc1ccc(NC(=O)CSc2cccc(NC(=O)/C(=C\c3cccc(Cl)c3Cl)NC(=O)c3ccccc3)c2)cc1C. The highest BCUT2D eigenvalue weighted by Gasteiger charge is 2.17. The monoisotopic (exact) mass is 603 g/mol. The molecule has 0 saturated heterocycles. The predicted octanol–water partition coefficient (Wildman–Crippen LogP) is 7.75. The maximum Gasteiger partial charge on any atom is 0.272 e. The number of carbonyl (C=O) groups is 3. The van der Waals surface area contributed by atoms with E-state index in [-0.39, 0.29) is 22.4 Å². The Kier molecular flexibility index (Phi) is 10.2. The quantitative estimate of drug-likeness (QED) is 0.135. The van der Waals surface area contributed by atoms with E-state index < -0.39 is 11.8 Å². The lowest BCUT2D eigenvalue weighted by atomic mass is 10.1. The molecule has 0 aliphatic rings. The molecule has 4 aromatic rings. The number of aryl methyl sites for hydroxylation is 2. The van der Waals surface area contributed by atoms with Crippen LogP contribution in [-0.2, 0) is 9.59 Å². The second kappa shape index (κ2) is 14.0. The van der Waals surface area contributed by atoms with Crippen LogP contribution in [0.1, 0.15) is 27.0 Å². The van der Waals surface area contributed by atoms with Gasteiger partial charge in [0.25, 0.3) is 11.8 Å². The van der Waals surface area contributed by atoms with Crippen molar-refractivity contribution in [1.82, 2.24) is 5.32 Å². The summed E-state index contributed by atoms with van der Waals surface area (Å²) in [6.07, 6.45) is 1.47. The molecule has 208 valence electrons. The lowest BCUT2D eigenvalue weighted by Crippen LogP contribution is -2.30. The van der Waals surface area contributed by atoms with Crippen LogP contribution >= 0.6 is 35.0 Å². The number of halogens is 2. The number of thioether (sulfide) groups is 1. The standard InChI is InChI=1S/C32H27Cl2N3O3S/c1-20-14-15-25(16-21(20)2)35-29(38)19-41-26-12-7-11-24(18-26)36-32(40)28(17-23-10-6-13-27(33)30(23)34)37-31(39)22-8-4-3-5-9-22/h3-18H,19H2,1-2H3,(H,35,38)(H,36,40)(H,37,39)/b28-17+. The van der Waals surface area contributed by atoms with Gasteiger partial charge >= 0.3 is 0 Å². The van der Waals surface area contributed by atoms with Crippen LogP contribution in [0.25, 0.3) is 6.08 Å². The topological polar surface area (TPSA) is 87.3 Å². The Morgan fingerprint density at radius 3 is 2.27 bits per heavy atom. The second-order valence-corrected chi connectivity index (χ2v) is 11.0. The molecule has 0 saturated carbocycles. The minimum absolute atomic E-state index is 0.0196. The molecule has 0 unspecified atom stereocenters. The van der Waals surface area contributed by atoms with Crippen LogP contribution in [0.15, 0.2) is 102 Å². The maximum atomic E-state index is 13.4. The predicted molar refractivity (Wildman–Crippen MR) is 169 cm³/mol. The van der Waals surface area contributed by atoms with Gasteiger partial charge in [0.15, 0.2) is 0 Å². The molecule has 4 aromatic carbocycles. The Hall–Kier alpha value is -4.04. The zero-order valence-corrected chi connectivity index (χ0v) is 24.7. The van der Waals surface area contributed by atoms with Gasteiger partial charge in [-0.05, 0) is 85.1 Å². The van der Waals surface area contributed by atoms with Crippen LogP contribution in [0.4, 0.5) is 11.4 Å². The zero-order chi connectivity index (χ0) is 29.4. The minimum Gasteiger partial charge on any atom is -0.325 e. The number of anilines is 2. The van der Waals surface area contributed by atoms with Crippen molar-refractivity contribution in [2.24, 2.45) is 0 Å². The molecule has 0 aromatic heterocycles. The molecule has 0 fully saturated rings. The van der Waals surface area contributed by atoms with Gasteiger partial charge in [-0.1, -0.05) is 65.7 Å². The van der Waals surface area contributed by atoms with Crippen LogP contribution in [0.3, 0.4) is 0 Å². The van der Waals surface area contributed by atoms with E-state index in [0.29, 0.717) is 21.8 Å². The van der Waals surface area contributed by atoms with Gasteiger partial charge in [-0.25, -0.2) is 0 Å². The van der Waals surface area contributed by atoms with Crippen molar-refractivity contribution in [3.05, 3.63) is 129 Å². The molecule has 0 aliphatic heterocycles. The smallest absolute Gasteiger partial charge is 0.272 e. The average molecular weight is 605 g/mol. The summed E-state index contributed by atoms with van der Waals surface area (Å²) in [6.45, 7) is 4.02. The summed E-state index contributed by atoms with van der Waals surface area (Å²) in [7, 11) is 0. The third-order valence-electron chi connectivity index (χ3n) is 6.06. The zero-order valence-electron chi connectivity index (χ0n) is 22.3. The van der Waals surface area contributed by atoms with Gasteiger partial charge < -0.3 is 16.0 Å². The molecule has 41 heavy (non-hydrogen) atoms. The van der Waals surface area contributed by atoms with Gasteiger partial charge in [0.1, 0.15) is 5.70 Å². The molecule has 3 amide bonds. The van der Waals surface area contributed by atoms with Gasteiger partial charge in [-0.15, -0.1) is 11.8 Å². The summed E-state index contributed by atoms with van der Waals surface area (Å²) < 4.78 is 0. The number of benzene rings is 4. The van der Waals surface area contributed by atoms with E-state index in [1.165, 1.54) is 17.8 Å². The molecule has 3 N–H and O–H groups in total. The highest BCUT2D eigenvalue weighted by Crippen LogP contribution is 2.28. The number of carbonyl (C=O) groups excluding carboxylic acids is 3. The lowest BCUT2D eigenvalue weighted by molar-refractivity contribution is -0.114. The third-order valence-corrected chi connectivity index (χ3v) is 7.89. The highest BCUT2D eigenvalue weighted by molar-refractivity contribution is 8.00. The van der Waals surface area contributed by atoms with Crippen molar-refractivity contribution < 1.29 is 14.4 Å². The minimum atomic E-state index is -0.556. The Morgan fingerprint density at radius 2 is 1.51 bits per heavy atom. The molecular formula is C32H27Cl2N3O3S. The first-order chi connectivity index (χ1) is 19.7.